The fourth-order valence-electron chi connectivity index (χ4n) is 17.6. The topological polar surface area (TPSA) is 114 Å². The van der Waals surface area contributed by atoms with Crippen molar-refractivity contribution in [3.8, 4) is 34.5 Å². The number of rotatable bonds is 32. The van der Waals surface area contributed by atoms with Crippen LogP contribution < -0.4 is 18.9 Å². The van der Waals surface area contributed by atoms with Crippen LogP contribution in [0.4, 0.5) is 0 Å². The smallest absolute Gasteiger partial charge is 0.200 e. The highest BCUT2D eigenvalue weighted by Gasteiger charge is 2.54. The first kappa shape index (κ1) is 97.1. The van der Waals surface area contributed by atoms with E-state index in [2.05, 4.69) is 229 Å². The molecule has 116 heavy (non-hydrogen) atoms. The molecule has 2 N–H and O–H groups in total. The highest BCUT2D eigenvalue weighted by molar-refractivity contribution is 5.33. The van der Waals surface area contributed by atoms with Gasteiger partial charge in [-0.15, -0.1) is 0 Å². The van der Waals surface area contributed by atoms with Crippen molar-refractivity contribution in [2.75, 3.05) is 13.2 Å². The van der Waals surface area contributed by atoms with Crippen molar-refractivity contribution in [2.45, 2.75) is 391 Å². The predicted molar refractivity (Wildman–Crippen MR) is 486 cm³/mol. The highest BCUT2D eigenvalue weighted by Crippen LogP contribution is 2.59. The van der Waals surface area contributed by atoms with Crippen LogP contribution in [0.2, 0.25) is 0 Å². The summed E-state index contributed by atoms with van der Waals surface area (Å²) in [6.07, 6.45) is 35.8. The minimum atomic E-state index is -0.165. The number of hydrogen-bond acceptors (Lipinski definition) is 10. The van der Waals surface area contributed by atoms with Crippen LogP contribution in [-0.2, 0) is 18.9 Å². The van der Waals surface area contributed by atoms with Gasteiger partial charge in [0.25, 0.3) is 0 Å². The standard InChI is InChI=1S/C23H38O2.C22H32O2.C22H36O2.C19H30O2.2C10H14O/c1-6-18(2)20-12-14-21(15-13-20)25-22(16-23(3,4)5)24-17-19-10-8-7-9-11-19;1-4-14(2)16-8-10-18(11-9-16)23-15(3)24-22-13-17-12-21(22)20-7-5-6-19(17)20;1-6-17(2)18-12-14-20(15-13-18)24-21(16-22(3,4)5)23-19-10-8-7-9-11-19;1-4-15(2)18-10-12-19(13-11-18)21-16(3)20-14-17-8-6-5-7-9-17;2*1-3-8(2)9-4-6-10(11)7-5-9/h12-15,18-19,22H,6-11,16-17H2,1-5H3;8-11,14-15,17,19-22H,4-7,12-13H2,1-3H3;12-15,17,19,21H,6-11,16H2,1-5H3;10-13,15-17H,4-9,14H2,1-3H3;2*4-8,11H,3H2,1-2H3. The molecule has 0 radical (unpaired) electrons. The van der Waals surface area contributed by atoms with Crippen LogP contribution in [0.5, 0.6) is 34.5 Å². The second-order valence-electron chi connectivity index (χ2n) is 38.2. The summed E-state index contributed by atoms with van der Waals surface area (Å²) in [5.41, 5.74) is 8.50. The molecule has 0 spiro atoms. The minimum Gasteiger partial charge on any atom is -0.508 e. The van der Waals surface area contributed by atoms with Crippen molar-refractivity contribution in [1.29, 1.82) is 0 Å². The molecule has 15 atom stereocenters. The SMILES string of the molecule is CCC(C)c1ccc(O)cc1.CCC(C)c1ccc(O)cc1.CCC(C)c1ccc(OC(C)OC2CC3CC2C2CCCC32)cc1.CCC(C)c1ccc(OC(C)OCC2CCCCC2)cc1.CCC(C)c1ccc(OC(CC(C)(C)C)OC2CCCCC2)cc1.CCC(C)c1ccc(OC(CC(C)(C)C)OCC2CCCCC2)cc1. The van der Waals surface area contributed by atoms with Gasteiger partial charge >= 0.3 is 0 Å². The van der Waals surface area contributed by atoms with Gasteiger partial charge in [0.2, 0.25) is 6.29 Å². The molecule has 6 aromatic carbocycles. The Bertz CT molecular complexity index is 3450. The zero-order valence-corrected chi connectivity index (χ0v) is 76.6. The maximum absolute atomic E-state index is 9.01. The minimum absolute atomic E-state index is 0.149. The third-order valence-corrected chi connectivity index (χ3v) is 26.3. The zero-order valence-electron chi connectivity index (χ0n) is 76.6. The van der Waals surface area contributed by atoms with Crippen LogP contribution in [0.25, 0.3) is 0 Å². The number of benzene rings is 6. The molecule has 10 heteroatoms. The number of hydrogen-bond donors (Lipinski definition) is 2. The zero-order chi connectivity index (χ0) is 84.2. The average molecular weight is 1600 g/mol. The summed E-state index contributed by atoms with van der Waals surface area (Å²) in [4.78, 5) is 0. The Morgan fingerprint density at radius 3 is 0.983 bits per heavy atom. The maximum atomic E-state index is 9.01. The number of aromatic hydroxyl groups is 2. The van der Waals surface area contributed by atoms with Gasteiger partial charge in [-0.3, -0.25) is 0 Å². The quantitative estimate of drug-likeness (QED) is 0.0396. The monoisotopic (exact) mass is 1600 g/mol. The second-order valence-corrected chi connectivity index (χ2v) is 38.2. The van der Waals surface area contributed by atoms with E-state index >= 15 is 0 Å². The lowest BCUT2D eigenvalue weighted by Crippen LogP contribution is -2.34. The van der Waals surface area contributed by atoms with Crippen LogP contribution in [0, 0.1) is 46.3 Å². The van der Waals surface area contributed by atoms with E-state index in [1.807, 2.05) is 31.2 Å². The van der Waals surface area contributed by atoms with Gasteiger partial charge in [0.05, 0.1) is 25.4 Å². The van der Waals surface area contributed by atoms with Crippen LogP contribution in [0.15, 0.2) is 146 Å². The van der Waals surface area contributed by atoms with Gasteiger partial charge in [-0.1, -0.05) is 262 Å². The average Bonchev–Trinajstić information content (AvgIpc) is 1.60. The van der Waals surface area contributed by atoms with Crippen LogP contribution in [-0.4, -0.2) is 60.8 Å². The summed E-state index contributed by atoms with van der Waals surface area (Å²) in [7, 11) is 0. The summed E-state index contributed by atoms with van der Waals surface area (Å²) < 4.78 is 49.1. The predicted octanol–water partition coefficient (Wildman–Crippen LogP) is 30.7. The molecule has 0 aromatic heterocycles. The van der Waals surface area contributed by atoms with Gasteiger partial charge in [0, 0.05) is 12.8 Å². The molecule has 6 aliphatic rings. The van der Waals surface area contributed by atoms with Crippen molar-refractivity contribution in [3.05, 3.63) is 179 Å². The molecule has 648 valence electrons. The van der Waals surface area contributed by atoms with Crippen molar-refractivity contribution in [3.63, 3.8) is 0 Å². The number of phenols is 2. The lowest BCUT2D eigenvalue weighted by molar-refractivity contribution is -0.142. The van der Waals surface area contributed by atoms with E-state index in [4.69, 9.17) is 48.1 Å². The Labute approximate surface area is 708 Å². The molecule has 6 aliphatic carbocycles. The van der Waals surface area contributed by atoms with Gasteiger partial charge in [-0.05, 0) is 305 Å². The van der Waals surface area contributed by atoms with E-state index < -0.39 is 0 Å². The van der Waals surface area contributed by atoms with Gasteiger partial charge < -0.3 is 48.1 Å². The van der Waals surface area contributed by atoms with Gasteiger partial charge in [0.1, 0.15) is 34.5 Å². The summed E-state index contributed by atoms with van der Waals surface area (Å²) in [5, 5.41) is 18.0. The van der Waals surface area contributed by atoms with E-state index in [9.17, 15) is 0 Å². The normalized spacial score (nSPS) is 21.5. The molecule has 6 saturated carbocycles. The Morgan fingerprint density at radius 2 is 0.621 bits per heavy atom. The Hall–Kier alpha value is -6.04. The molecule has 0 aliphatic heterocycles. The van der Waals surface area contributed by atoms with E-state index in [0.29, 0.717) is 65.1 Å². The molecule has 0 heterocycles. The van der Waals surface area contributed by atoms with Crippen molar-refractivity contribution >= 4 is 0 Å². The largest absolute Gasteiger partial charge is 0.508 e. The maximum Gasteiger partial charge on any atom is 0.200 e. The lowest BCUT2D eigenvalue weighted by Gasteiger charge is -2.33. The molecule has 6 fully saturated rings. The summed E-state index contributed by atoms with van der Waals surface area (Å²) >= 11 is 0. The van der Waals surface area contributed by atoms with Crippen molar-refractivity contribution in [2.24, 2.45) is 46.3 Å². The molecule has 15 unspecified atom stereocenters. The first-order valence-electron chi connectivity index (χ1n) is 46.7. The molecule has 0 saturated heterocycles. The highest BCUT2D eigenvalue weighted by atomic mass is 16.7. The molecule has 2 bridgehead atoms. The van der Waals surface area contributed by atoms with E-state index in [1.165, 1.54) is 175 Å². The van der Waals surface area contributed by atoms with E-state index in [1.54, 1.807) is 24.3 Å². The van der Waals surface area contributed by atoms with Gasteiger partial charge in [0.15, 0.2) is 18.9 Å². The molecular weight excluding hydrogens is 1430 g/mol. The third kappa shape index (κ3) is 35.0. The fraction of sp³-hybridized carbons (Fsp3) is 0.660. The fourth-order valence-corrected chi connectivity index (χ4v) is 17.6. The first-order valence-corrected chi connectivity index (χ1v) is 46.7. The van der Waals surface area contributed by atoms with Crippen LogP contribution >= 0.6 is 0 Å². The van der Waals surface area contributed by atoms with Gasteiger partial charge in [-0.25, -0.2) is 0 Å². The van der Waals surface area contributed by atoms with Crippen molar-refractivity contribution < 1.29 is 48.1 Å². The molecule has 12 rings (SSSR count). The number of phenolic OH excluding ortho intramolecular Hbond substituents is 2. The lowest BCUT2D eigenvalue weighted by atomic mass is 9.80. The van der Waals surface area contributed by atoms with Crippen molar-refractivity contribution in [1.82, 2.24) is 0 Å². The molecule has 0 amide bonds. The molecule has 10 nitrogen and oxygen atoms in total. The Balaban J connectivity index is 0.000000197. The second kappa shape index (κ2) is 50.9. The van der Waals surface area contributed by atoms with Crippen LogP contribution in [0.1, 0.15) is 387 Å². The summed E-state index contributed by atoms with van der Waals surface area (Å²) in [6.45, 7) is 45.9. The van der Waals surface area contributed by atoms with Crippen LogP contribution in [0.3, 0.4) is 0 Å². The third-order valence-electron chi connectivity index (χ3n) is 26.3. The number of ether oxygens (including phenoxy) is 8. The summed E-state index contributed by atoms with van der Waals surface area (Å²) in [6, 6.07) is 49.0. The molecular formula is C106H164O10. The summed E-state index contributed by atoms with van der Waals surface area (Å²) in [5.74, 6) is 13.1. The molecule has 6 aromatic rings. The van der Waals surface area contributed by atoms with Gasteiger partial charge in [-0.2, -0.15) is 0 Å². The van der Waals surface area contributed by atoms with E-state index in [0.717, 1.165) is 104 Å². The number of fused-ring (bicyclic) bond motifs is 5. The Kier molecular flexibility index (Phi) is 42.6. The first-order chi connectivity index (χ1) is 55.6. The Morgan fingerprint density at radius 1 is 0.310 bits per heavy atom. The van der Waals surface area contributed by atoms with E-state index in [-0.39, 0.29) is 36.0 Å².